The van der Waals surface area contributed by atoms with E-state index in [0.717, 1.165) is 31.5 Å². The van der Waals surface area contributed by atoms with Gasteiger partial charge in [0.1, 0.15) is 0 Å². The third-order valence-corrected chi connectivity index (χ3v) is 6.10. The normalized spacial score (nSPS) is 29.0. The number of aliphatic imine (C=N–C) groups is 1. The molecule has 0 amide bonds. The van der Waals surface area contributed by atoms with E-state index < -0.39 is 0 Å². The highest BCUT2D eigenvalue weighted by atomic mass is 127. The lowest BCUT2D eigenvalue weighted by Crippen LogP contribution is -2.41. The van der Waals surface area contributed by atoms with Crippen LogP contribution in [-0.4, -0.2) is 86.6 Å². The molecule has 25 heavy (non-hydrogen) atoms. The number of hydrogen-bond donors (Lipinski definition) is 1. The van der Waals surface area contributed by atoms with Gasteiger partial charge in [0.05, 0.1) is 6.54 Å². The van der Waals surface area contributed by atoms with Gasteiger partial charge in [-0.1, -0.05) is 12.8 Å². The molecule has 2 heterocycles. The summed E-state index contributed by atoms with van der Waals surface area (Å²) in [6.45, 7) is 12.5. The van der Waals surface area contributed by atoms with Gasteiger partial charge in [-0.05, 0) is 58.2 Å². The summed E-state index contributed by atoms with van der Waals surface area (Å²) < 4.78 is 0. The number of hydrogen-bond acceptors (Lipinski definition) is 3. The maximum absolute atomic E-state index is 4.97. The lowest BCUT2D eigenvalue weighted by atomic mass is 9.82. The minimum Gasteiger partial charge on any atom is -0.357 e. The molecule has 0 radical (unpaired) electrons. The summed E-state index contributed by atoms with van der Waals surface area (Å²) in [6.07, 6.45) is 7.03. The molecule has 3 aliphatic rings. The summed E-state index contributed by atoms with van der Waals surface area (Å²) in [6, 6.07) is 0. The molecule has 2 aliphatic heterocycles. The summed E-state index contributed by atoms with van der Waals surface area (Å²) in [5, 5.41) is 3.54. The molecule has 146 valence electrons. The van der Waals surface area contributed by atoms with Crippen molar-refractivity contribution < 1.29 is 0 Å². The van der Waals surface area contributed by atoms with Crippen LogP contribution in [0.4, 0.5) is 0 Å². The molecule has 0 spiro atoms. The monoisotopic (exact) mass is 463 g/mol. The number of likely N-dealkylation sites (tertiary alicyclic amines) is 1. The lowest BCUT2D eigenvalue weighted by Gasteiger charge is -2.23. The van der Waals surface area contributed by atoms with E-state index in [0.29, 0.717) is 0 Å². The molecule has 2 unspecified atom stereocenters. The molecule has 0 bridgehead atoms. The van der Waals surface area contributed by atoms with Crippen molar-refractivity contribution in [3.63, 3.8) is 0 Å². The zero-order valence-electron chi connectivity index (χ0n) is 16.3. The van der Waals surface area contributed by atoms with Gasteiger partial charge in [-0.15, -0.1) is 24.0 Å². The van der Waals surface area contributed by atoms with Gasteiger partial charge in [0, 0.05) is 39.3 Å². The first-order chi connectivity index (χ1) is 11.8. The SMILES string of the molecule is CCNC(=NCCN1CCCN(C)CC1)N1CC2CCCCC2C1.I. The third kappa shape index (κ3) is 6.24. The number of nitrogens with zero attached hydrogens (tertiary/aromatic N) is 4. The minimum absolute atomic E-state index is 0. The lowest BCUT2D eigenvalue weighted by molar-refractivity contribution is 0.282. The number of nitrogens with one attached hydrogen (secondary N) is 1. The quantitative estimate of drug-likeness (QED) is 0.394. The van der Waals surface area contributed by atoms with Crippen LogP contribution in [-0.2, 0) is 0 Å². The number of guanidine groups is 1. The largest absolute Gasteiger partial charge is 0.357 e. The molecule has 3 fully saturated rings. The van der Waals surface area contributed by atoms with E-state index in [1.54, 1.807) is 0 Å². The van der Waals surface area contributed by atoms with E-state index in [4.69, 9.17) is 4.99 Å². The van der Waals surface area contributed by atoms with Crippen molar-refractivity contribution in [3.8, 4) is 0 Å². The maximum Gasteiger partial charge on any atom is 0.193 e. The molecule has 1 aliphatic carbocycles. The van der Waals surface area contributed by atoms with Gasteiger partial charge in [-0.3, -0.25) is 4.99 Å². The molecule has 3 rings (SSSR count). The van der Waals surface area contributed by atoms with Crippen LogP contribution in [0.3, 0.4) is 0 Å². The van der Waals surface area contributed by atoms with Crippen LogP contribution in [0.2, 0.25) is 0 Å². The molecule has 1 saturated carbocycles. The van der Waals surface area contributed by atoms with Crippen LogP contribution in [0, 0.1) is 11.8 Å². The molecule has 1 N–H and O–H groups in total. The zero-order valence-corrected chi connectivity index (χ0v) is 18.6. The highest BCUT2D eigenvalue weighted by molar-refractivity contribution is 14.0. The topological polar surface area (TPSA) is 34.1 Å². The summed E-state index contributed by atoms with van der Waals surface area (Å²) >= 11 is 0. The predicted octanol–water partition coefficient (Wildman–Crippen LogP) is 2.33. The van der Waals surface area contributed by atoms with Gasteiger partial charge in [0.25, 0.3) is 0 Å². The Hall–Kier alpha value is -0.0800. The fourth-order valence-corrected chi connectivity index (χ4v) is 4.63. The molecular formula is C19H38IN5. The van der Waals surface area contributed by atoms with E-state index in [2.05, 4.69) is 34.0 Å². The zero-order chi connectivity index (χ0) is 16.8. The van der Waals surface area contributed by atoms with E-state index in [1.165, 1.54) is 77.3 Å². The molecule has 0 aromatic carbocycles. The van der Waals surface area contributed by atoms with Crippen molar-refractivity contribution >= 4 is 29.9 Å². The minimum atomic E-state index is 0. The maximum atomic E-state index is 4.97. The molecular weight excluding hydrogens is 425 g/mol. The van der Waals surface area contributed by atoms with Crippen LogP contribution < -0.4 is 5.32 Å². The second-order valence-electron chi connectivity index (χ2n) is 7.94. The first-order valence-corrected chi connectivity index (χ1v) is 10.2. The Bertz CT molecular complexity index is 403. The van der Waals surface area contributed by atoms with E-state index in [9.17, 15) is 0 Å². The Labute approximate surface area is 171 Å². The number of likely N-dealkylation sites (N-methyl/N-ethyl adjacent to an activating group) is 1. The van der Waals surface area contributed by atoms with Crippen LogP contribution in [0.1, 0.15) is 39.0 Å². The smallest absolute Gasteiger partial charge is 0.193 e. The van der Waals surface area contributed by atoms with Crippen LogP contribution in [0.5, 0.6) is 0 Å². The highest BCUT2D eigenvalue weighted by Gasteiger charge is 2.35. The van der Waals surface area contributed by atoms with Crippen LogP contribution >= 0.6 is 24.0 Å². The van der Waals surface area contributed by atoms with Gasteiger partial charge < -0.3 is 20.0 Å². The average Bonchev–Trinajstić information content (AvgIpc) is 2.91. The number of halogens is 1. The number of fused-ring (bicyclic) bond motifs is 1. The highest BCUT2D eigenvalue weighted by Crippen LogP contribution is 2.35. The molecule has 2 saturated heterocycles. The van der Waals surface area contributed by atoms with Crippen molar-refractivity contribution in [3.05, 3.63) is 0 Å². The Kier molecular flexibility index (Phi) is 9.27. The van der Waals surface area contributed by atoms with Gasteiger partial charge in [0.2, 0.25) is 0 Å². The van der Waals surface area contributed by atoms with Crippen molar-refractivity contribution in [2.75, 3.05) is 66.0 Å². The first-order valence-electron chi connectivity index (χ1n) is 10.2. The van der Waals surface area contributed by atoms with E-state index in [-0.39, 0.29) is 24.0 Å². The molecule has 5 nitrogen and oxygen atoms in total. The first kappa shape index (κ1) is 21.2. The van der Waals surface area contributed by atoms with Gasteiger partial charge in [-0.2, -0.15) is 0 Å². The average molecular weight is 463 g/mol. The van der Waals surface area contributed by atoms with Crippen LogP contribution in [0.15, 0.2) is 4.99 Å². The van der Waals surface area contributed by atoms with Crippen molar-refractivity contribution in [1.82, 2.24) is 20.0 Å². The molecule has 0 aromatic heterocycles. The second-order valence-corrected chi connectivity index (χ2v) is 7.94. The summed E-state index contributed by atoms with van der Waals surface area (Å²) in [4.78, 5) is 12.5. The van der Waals surface area contributed by atoms with Gasteiger partial charge in [0.15, 0.2) is 5.96 Å². The Balaban J connectivity index is 0.00000225. The molecule has 6 heteroatoms. The summed E-state index contributed by atoms with van der Waals surface area (Å²) in [5.41, 5.74) is 0. The molecule has 0 aromatic rings. The Morgan fingerprint density at radius 1 is 1.00 bits per heavy atom. The second kappa shape index (κ2) is 10.9. The Morgan fingerprint density at radius 2 is 1.72 bits per heavy atom. The van der Waals surface area contributed by atoms with E-state index in [1.807, 2.05) is 0 Å². The fourth-order valence-electron chi connectivity index (χ4n) is 4.63. The Morgan fingerprint density at radius 3 is 2.40 bits per heavy atom. The van der Waals surface area contributed by atoms with Gasteiger partial charge >= 0.3 is 0 Å². The van der Waals surface area contributed by atoms with Crippen molar-refractivity contribution in [1.29, 1.82) is 0 Å². The van der Waals surface area contributed by atoms with Crippen LogP contribution in [0.25, 0.3) is 0 Å². The standard InChI is InChI=1S/C19H37N5.HI/c1-3-20-19(24-15-17-7-4-5-8-18(17)16-24)21-9-12-23-11-6-10-22(2)13-14-23;/h17-18H,3-16H2,1-2H3,(H,20,21);1H. The van der Waals surface area contributed by atoms with Crippen molar-refractivity contribution in [2.45, 2.75) is 39.0 Å². The van der Waals surface area contributed by atoms with Gasteiger partial charge in [-0.25, -0.2) is 0 Å². The van der Waals surface area contributed by atoms with E-state index >= 15 is 0 Å². The summed E-state index contributed by atoms with van der Waals surface area (Å²) in [7, 11) is 2.23. The fraction of sp³-hybridized carbons (Fsp3) is 0.947. The number of rotatable bonds is 4. The predicted molar refractivity (Wildman–Crippen MR) is 117 cm³/mol. The third-order valence-electron chi connectivity index (χ3n) is 6.10. The summed E-state index contributed by atoms with van der Waals surface area (Å²) in [5.74, 6) is 3.01. The molecule has 2 atom stereocenters. The van der Waals surface area contributed by atoms with Crippen molar-refractivity contribution in [2.24, 2.45) is 16.8 Å².